The zero-order chi connectivity index (χ0) is 23.5. The van der Waals surface area contributed by atoms with Crippen molar-refractivity contribution in [3.8, 4) is 5.75 Å². The van der Waals surface area contributed by atoms with Gasteiger partial charge in [0.2, 0.25) is 0 Å². The van der Waals surface area contributed by atoms with Crippen molar-refractivity contribution in [2.45, 2.75) is 45.6 Å². The molecule has 0 aliphatic carbocycles. The molecule has 0 saturated heterocycles. The molecule has 0 spiro atoms. The Hall–Kier alpha value is -3.32. The van der Waals surface area contributed by atoms with E-state index in [4.69, 9.17) is 4.74 Å². The molecule has 0 unspecified atom stereocenters. The summed E-state index contributed by atoms with van der Waals surface area (Å²) in [5.41, 5.74) is 4.97. The molecule has 1 atom stereocenters. The van der Waals surface area contributed by atoms with Crippen LogP contribution in [0.25, 0.3) is 0 Å². The molecule has 0 aromatic heterocycles. The van der Waals surface area contributed by atoms with Gasteiger partial charge in [-0.05, 0) is 93.3 Å². The molecular formula is C25H28N2O4S. The lowest BCUT2D eigenvalue weighted by atomic mass is 10.1. The number of sulfonamides is 1. The number of anilines is 2. The number of para-hydroxylation sites is 1. The summed E-state index contributed by atoms with van der Waals surface area (Å²) in [6.45, 7) is 9.36. The molecule has 0 radical (unpaired) electrons. The van der Waals surface area contributed by atoms with E-state index in [1.165, 1.54) is 12.1 Å². The van der Waals surface area contributed by atoms with Gasteiger partial charge >= 0.3 is 0 Å². The molecule has 0 aliphatic heterocycles. The second kappa shape index (κ2) is 9.44. The highest BCUT2D eigenvalue weighted by molar-refractivity contribution is 7.92. The summed E-state index contributed by atoms with van der Waals surface area (Å²) in [4.78, 5) is 12.6. The maximum Gasteiger partial charge on any atom is 0.265 e. The smallest absolute Gasteiger partial charge is 0.265 e. The third kappa shape index (κ3) is 5.48. The fourth-order valence-electron chi connectivity index (χ4n) is 3.17. The maximum atomic E-state index is 12.8. The Kier molecular flexibility index (Phi) is 6.89. The van der Waals surface area contributed by atoms with Crippen LogP contribution in [0.4, 0.5) is 11.4 Å². The zero-order valence-corrected chi connectivity index (χ0v) is 19.7. The first kappa shape index (κ1) is 23.3. The predicted octanol–water partition coefficient (Wildman–Crippen LogP) is 5.13. The second-order valence-corrected chi connectivity index (χ2v) is 9.57. The fourth-order valence-corrected chi connectivity index (χ4v) is 4.38. The van der Waals surface area contributed by atoms with Gasteiger partial charge in [-0.25, -0.2) is 8.42 Å². The van der Waals surface area contributed by atoms with Gasteiger partial charge in [-0.2, -0.15) is 0 Å². The topological polar surface area (TPSA) is 84.5 Å². The maximum absolute atomic E-state index is 12.8. The summed E-state index contributed by atoms with van der Waals surface area (Å²) in [5, 5.41) is 2.76. The number of nitrogens with one attached hydrogen (secondary N) is 2. The second-order valence-electron chi connectivity index (χ2n) is 7.89. The summed E-state index contributed by atoms with van der Waals surface area (Å²) >= 11 is 0. The third-order valence-corrected chi connectivity index (χ3v) is 6.68. The quantitative estimate of drug-likeness (QED) is 0.521. The molecule has 0 heterocycles. The van der Waals surface area contributed by atoms with E-state index in [2.05, 4.69) is 10.0 Å². The van der Waals surface area contributed by atoms with E-state index in [0.29, 0.717) is 17.1 Å². The van der Waals surface area contributed by atoms with E-state index in [1.54, 1.807) is 19.1 Å². The van der Waals surface area contributed by atoms with Crippen molar-refractivity contribution in [1.82, 2.24) is 0 Å². The number of hydrogen-bond donors (Lipinski definition) is 2. The minimum absolute atomic E-state index is 0.109. The average molecular weight is 453 g/mol. The van der Waals surface area contributed by atoms with Crippen LogP contribution in [0.1, 0.15) is 29.2 Å². The lowest BCUT2D eigenvalue weighted by Gasteiger charge is -2.16. The van der Waals surface area contributed by atoms with Crippen molar-refractivity contribution in [3.63, 3.8) is 0 Å². The van der Waals surface area contributed by atoms with Crippen molar-refractivity contribution < 1.29 is 17.9 Å². The summed E-state index contributed by atoms with van der Waals surface area (Å²) in [6, 6.07) is 17.3. The molecule has 0 saturated carbocycles. The monoisotopic (exact) mass is 452 g/mol. The standard InChI is InChI=1S/C25H28N2O4S/c1-16-9-12-22(15-19(16)4)31-20(5)25(28)26-21-10-13-23(14-11-21)32(29,30)27-24-17(2)7-6-8-18(24)3/h6-15,20,27H,1-5H3,(H,26,28)/t20-/m1/s1. The van der Waals surface area contributed by atoms with Crippen molar-refractivity contribution in [2.24, 2.45) is 0 Å². The van der Waals surface area contributed by atoms with E-state index in [9.17, 15) is 13.2 Å². The Morgan fingerprint density at radius 3 is 2.06 bits per heavy atom. The highest BCUT2D eigenvalue weighted by Crippen LogP contribution is 2.24. The molecule has 168 valence electrons. The Morgan fingerprint density at radius 2 is 1.47 bits per heavy atom. The van der Waals surface area contributed by atoms with Gasteiger partial charge in [-0.15, -0.1) is 0 Å². The lowest BCUT2D eigenvalue weighted by molar-refractivity contribution is -0.122. The van der Waals surface area contributed by atoms with Gasteiger partial charge in [0, 0.05) is 5.69 Å². The van der Waals surface area contributed by atoms with Gasteiger partial charge in [-0.3, -0.25) is 9.52 Å². The van der Waals surface area contributed by atoms with Crippen LogP contribution in [0.2, 0.25) is 0 Å². The molecule has 2 N–H and O–H groups in total. The Bertz CT molecular complexity index is 1220. The van der Waals surface area contributed by atoms with Gasteiger partial charge in [0.05, 0.1) is 10.6 Å². The average Bonchev–Trinajstić information content (AvgIpc) is 2.74. The number of benzene rings is 3. The van der Waals surface area contributed by atoms with Crippen LogP contribution in [-0.2, 0) is 14.8 Å². The van der Waals surface area contributed by atoms with Gasteiger partial charge < -0.3 is 10.1 Å². The van der Waals surface area contributed by atoms with Crippen molar-refractivity contribution in [2.75, 3.05) is 10.0 Å². The molecular weight excluding hydrogens is 424 g/mol. The van der Waals surface area contributed by atoms with E-state index < -0.39 is 16.1 Å². The van der Waals surface area contributed by atoms with E-state index in [-0.39, 0.29) is 10.8 Å². The number of carbonyl (C=O) groups is 1. The van der Waals surface area contributed by atoms with Gasteiger partial charge in [0.15, 0.2) is 6.10 Å². The first-order valence-electron chi connectivity index (χ1n) is 10.3. The van der Waals surface area contributed by atoms with Crippen LogP contribution in [-0.4, -0.2) is 20.4 Å². The number of carbonyl (C=O) groups excluding carboxylic acids is 1. The highest BCUT2D eigenvalue weighted by atomic mass is 32.2. The van der Waals surface area contributed by atoms with Crippen LogP contribution in [0.15, 0.2) is 65.6 Å². The fraction of sp³-hybridized carbons (Fsp3) is 0.240. The Balaban J connectivity index is 1.67. The summed E-state index contributed by atoms with van der Waals surface area (Å²) in [5.74, 6) is 0.294. The third-order valence-electron chi connectivity index (χ3n) is 5.31. The number of ether oxygens (including phenoxy) is 1. The minimum Gasteiger partial charge on any atom is -0.481 e. The Labute approximate surface area is 189 Å². The van der Waals surface area contributed by atoms with Gasteiger partial charge in [0.25, 0.3) is 15.9 Å². The van der Waals surface area contributed by atoms with Crippen LogP contribution < -0.4 is 14.8 Å². The summed E-state index contributed by atoms with van der Waals surface area (Å²) in [7, 11) is -3.76. The van der Waals surface area contributed by atoms with E-state index in [0.717, 1.165) is 22.3 Å². The molecule has 1 amide bonds. The molecule has 32 heavy (non-hydrogen) atoms. The first-order chi connectivity index (χ1) is 15.1. The van der Waals surface area contributed by atoms with E-state index in [1.807, 2.05) is 64.1 Å². The number of aryl methyl sites for hydroxylation is 4. The molecule has 7 heteroatoms. The number of hydrogen-bond acceptors (Lipinski definition) is 4. The molecule has 0 bridgehead atoms. The zero-order valence-electron chi connectivity index (χ0n) is 18.9. The number of amides is 1. The molecule has 6 nitrogen and oxygen atoms in total. The van der Waals surface area contributed by atoms with Crippen molar-refractivity contribution >= 4 is 27.3 Å². The predicted molar refractivity (Wildman–Crippen MR) is 128 cm³/mol. The van der Waals surface area contributed by atoms with E-state index >= 15 is 0 Å². The summed E-state index contributed by atoms with van der Waals surface area (Å²) < 4.78 is 34.0. The number of rotatable bonds is 7. The first-order valence-corrected chi connectivity index (χ1v) is 11.8. The lowest BCUT2D eigenvalue weighted by Crippen LogP contribution is -2.30. The van der Waals surface area contributed by atoms with Crippen LogP contribution in [0.3, 0.4) is 0 Å². The van der Waals surface area contributed by atoms with Crippen molar-refractivity contribution in [1.29, 1.82) is 0 Å². The highest BCUT2D eigenvalue weighted by Gasteiger charge is 2.18. The van der Waals surface area contributed by atoms with Gasteiger partial charge in [-0.1, -0.05) is 24.3 Å². The minimum atomic E-state index is -3.76. The summed E-state index contributed by atoms with van der Waals surface area (Å²) in [6.07, 6.45) is -0.716. The molecule has 0 fully saturated rings. The van der Waals surface area contributed by atoms with Crippen molar-refractivity contribution in [3.05, 3.63) is 82.9 Å². The van der Waals surface area contributed by atoms with Crippen LogP contribution in [0.5, 0.6) is 5.75 Å². The Morgan fingerprint density at radius 1 is 0.844 bits per heavy atom. The SMILES string of the molecule is Cc1ccc(O[C@H](C)C(=O)Nc2ccc(S(=O)(=O)Nc3c(C)cccc3C)cc2)cc1C. The molecule has 3 aromatic carbocycles. The molecule has 3 rings (SSSR count). The molecule has 0 aliphatic rings. The van der Waals surface area contributed by atoms with Crippen LogP contribution in [0, 0.1) is 27.7 Å². The molecule has 3 aromatic rings. The van der Waals surface area contributed by atoms with Crippen LogP contribution >= 0.6 is 0 Å². The van der Waals surface area contributed by atoms with Gasteiger partial charge in [0.1, 0.15) is 5.75 Å². The largest absolute Gasteiger partial charge is 0.481 e. The normalized spacial score (nSPS) is 12.2.